The van der Waals surface area contributed by atoms with Crippen molar-refractivity contribution in [3.8, 4) is 5.75 Å². The third-order valence-corrected chi connectivity index (χ3v) is 3.27. The number of nitrogens with zero attached hydrogens (tertiary/aromatic N) is 1. The SMILES string of the molecule is CCOC(=O)Cc1cc(OC(F)(F)F)c(CCl)nc1I. The Kier molecular flexibility index (Phi) is 6.31. The Hall–Kier alpha value is -0.770. The monoisotopic (exact) mass is 423 g/mol. The fraction of sp³-hybridized carbons (Fsp3) is 0.455. The van der Waals surface area contributed by atoms with Gasteiger partial charge < -0.3 is 9.47 Å². The predicted octanol–water partition coefficient (Wildman–Crippen LogP) is 3.43. The maximum atomic E-state index is 12.3. The van der Waals surface area contributed by atoms with Gasteiger partial charge in [0.15, 0.2) is 5.75 Å². The van der Waals surface area contributed by atoms with Gasteiger partial charge in [0.2, 0.25) is 0 Å². The van der Waals surface area contributed by atoms with Crippen LogP contribution in [0, 0.1) is 3.70 Å². The molecule has 1 aromatic rings. The van der Waals surface area contributed by atoms with Crippen molar-refractivity contribution < 1.29 is 27.4 Å². The molecule has 0 unspecified atom stereocenters. The number of hydrogen-bond donors (Lipinski definition) is 0. The summed E-state index contributed by atoms with van der Waals surface area (Å²) in [7, 11) is 0. The molecule has 0 saturated carbocycles. The average Bonchev–Trinajstić information content (AvgIpc) is 2.31. The highest BCUT2D eigenvalue weighted by Crippen LogP contribution is 2.29. The zero-order chi connectivity index (χ0) is 15.3. The molecule has 0 aliphatic rings. The summed E-state index contributed by atoms with van der Waals surface area (Å²) < 4.78 is 45.8. The van der Waals surface area contributed by atoms with E-state index in [0.29, 0.717) is 3.70 Å². The summed E-state index contributed by atoms with van der Waals surface area (Å²) in [6.45, 7) is 1.82. The quantitative estimate of drug-likeness (QED) is 0.315. The van der Waals surface area contributed by atoms with Crippen LogP contribution in [-0.4, -0.2) is 23.9 Å². The predicted molar refractivity (Wildman–Crippen MR) is 73.5 cm³/mol. The largest absolute Gasteiger partial charge is 0.573 e. The van der Waals surface area contributed by atoms with Crippen LogP contribution in [0.4, 0.5) is 13.2 Å². The van der Waals surface area contributed by atoms with Gasteiger partial charge in [0, 0.05) is 0 Å². The molecule has 9 heteroatoms. The Balaban J connectivity index is 3.07. The van der Waals surface area contributed by atoms with Crippen LogP contribution < -0.4 is 4.74 Å². The van der Waals surface area contributed by atoms with E-state index in [1.54, 1.807) is 6.92 Å². The summed E-state index contributed by atoms with van der Waals surface area (Å²) in [5.74, 6) is -1.29. The minimum atomic E-state index is -4.85. The number of rotatable bonds is 5. The Morgan fingerprint density at radius 1 is 1.50 bits per heavy atom. The molecule has 0 aliphatic heterocycles. The van der Waals surface area contributed by atoms with Gasteiger partial charge >= 0.3 is 12.3 Å². The van der Waals surface area contributed by atoms with Crippen molar-refractivity contribution in [2.45, 2.75) is 25.6 Å². The Morgan fingerprint density at radius 3 is 2.65 bits per heavy atom. The molecule has 0 radical (unpaired) electrons. The van der Waals surface area contributed by atoms with Gasteiger partial charge in [-0.25, -0.2) is 4.98 Å². The lowest BCUT2D eigenvalue weighted by Crippen LogP contribution is -2.19. The minimum Gasteiger partial charge on any atom is -0.466 e. The highest BCUT2D eigenvalue weighted by Gasteiger charge is 2.32. The molecule has 0 N–H and O–H groups in total. The molecule has 0 fully saturated rings. The topological polar surface area (TPSA) is 48.4 Å². The molecular formula is C11H10ClF3INO3. The first-order valence-electron chi connectivity index (χ1n) is 5.42. The molecule has 0 saturated heterocycles. The maximum absolute atomic E-state index is 12.3. The number of hydrogen-bond acceptors (Lipinski definition) is 4. The van der Waals surface area contributed by atoms with Crippen LogP contribution in [0.5, 0.6) is 5.75 Å². The third kappa shape index (κ3) is 5.31. The highest BCUT2D eigenvalue weighted by molar-refractivity contribution is 14.1. The zero-order valence-corrected chi connectivity index (χ0v) is 13.2. The second-order valence-electron chi connectivity index (χ2n) is 3.55. The fourth-order valence-corrected chi connectivity index (χ4v) is 2.18. The highest BCUT2D eigenvalue weighted by atomic mass is 127. The molecule has 0 aromatic carbocycles. The molecule has 112 valence electrons. The number of ether oxygens (including phenoxy) is 2. The summed E-state index contributed by atoms with van der Waals surface area (Å²) in [4.78, 5) is 15.3. The number of halogens is 5. The number of carbonyl (C=O) groups is 1. The minimum absolute atomic E-state index is 0.0407. The molecule has 4 nitrogen and oxygen atoms in total. The first-order valence-corrected chi connectivity index (χ1v) is 7.03. The number of pyridine rings is 1. The lowest BCUT2D eigenvalue weighted by atomic mass is 10.2. The van der Waals surface area contributed by atoms with E-state index in [2.05, 4.69) is 9.72 Å². The van der Waals surface area contributed by atoms with Crippen molar-refractivity contribution >= 4 is 40.2 Å². The Bertz CT molecular complexity index is 497. The summed E-state index contributed by atoms with van der Waals surface area (Å²) >= 11 is 7.35. The van der Waals surface area contributed by atoms with Gasteiger partial charge in [-0.3, -0.25) is 4.79 Å². The van der Waals surface area contributed by atoms with E-state index < -0.39 is 18.1 Å². The summed E-state index contributed by atoms with van der Waals surface area (Å²) in [6.07, 6.45) is -5.04. The fourth-order valence-electron chi connectivity index (χ4n) is 1.35. The lowest BCUT2D eigenvalue weighted by Gasteiger charge is -2.14. The van der Waals surface area contributed by atoms with Gasteiger partial charge in [-0.2, -0.15) is 0 Å². The van der Waals surface area contributed by atoms with Gasteiger partial charge in [0.05, 0.1) is 24.6 Å². The first-order chi connectivity index (χ1) is 9.26. The van der Waals surface area contributed by atoms with Crippen molar-refractivity contribution in [3.63, 3.8) is 0 Å². The average molecular weight is 424 g/mol. The van der Waals surface area contributed by atoms with E-state index in [0.717, 1.165) is 6.07 Å². The number of alkyl halides is 4. The van der Waals surface area contributed by atoms with Gasteiger partial charge in [0.1, 0.15) is 3.70 Å². The second-order valence-corrected chi connectivity index (χ2v) is 4.84. The second kappa shape index (κ2) is 7.30. The first kappa shape index (κ1) is 17.3. The molecule has 1 rings (SSSR count). The van der Waals surface area contributed by atoms with E-state index in [-0.39, 0.29) is 30.2 Å². The number of aromatic nitrogens is 1. The van der Waals surface area contributed by atoms with E-state index >= 15 is 0 Å². The zero-order valence-electron chi connectivity index (χ0n) is 10.3. The van der Waals surface area contributed by atoms with Crippen LogP contribution in [0.2, 0.25) is 0 Å². The van der Waals surface area contributed by atoms with Crippen molar-refractivity contribution in [2.24, 2.45) is 0 Å². The van der Waals surface area contributed by atoms with Crippen molar-refractivity contribution in [2.75, 3.05) is 6.61 Å². The Labute approximate surface area is 131 Å². The Morgan fingerprint density at radius 2 is 2.15 bits per heavy atom. The molecule has 0 spiro atoms. The normalized spacial score (nSPS) is 11.3. The smallest absolute Gasteiger partial charge is 0.466 e. The molecule has 0 aliphatic carbocycles. The van der Waals surface area contributed by atoms with Gasteiger partial charge in [-0.05, 0) is 41.1 Å². The molecule has 0 amide bonds. The molecule has 0 bridgehead atoms. The summed E-state index contributed by atoms with van der Waals surface area (Å²) in [6, 6.07) is 1.11. The summed E-state index contributed by atoms with van der Waals surface area (Å²) in [5.41, 5.74) is 0.248. The van der Waals surface area contributed by atoms with Crippen molar-refractivity contribution in [1.82, 2.24) is 4.98 Å². The number of carbonyl (C=O) groups excluding carboxylic acids is 1. The van der Waals surface area contributed by atoms with E-state index in [1.165, 1.54) is 0 Å². The molecule has 1 heterocycles. The molecule has 1 aromatic heterocycles. The van der Waals surface area contributed by atoms with E-state index in [4.69, 9.17) is 16.3 Å². The van der Waals surface area contributed by atoms with Crippen LogP contribution in [0.25, 0.3) is 0 Å². The number of esters is 1. The van der Waals surface area contributed by atoms with E-state index in [9.17, 15) is 18.0 Å². The lowest BCUT2D eigenvalue weighted by molar-refractivity contribution is -0.275. The molecule has 0 atom stereocenters. The molecule has 20 heavy (non-hydrogen) atoms. The maximum Gasteiger partial charge on any atom is 0.573 e. The van der Waals surface area contributed by atoms with Gasteiger partial charge in [-0.15, -0.1) is 24.8 Å². The van der Waals surface area contributed by atoms with E-state index in [1.807, 2.05) is 22.6 Å². The van der Waals surface area contributed by atoms with Gasteiger partial charge in [-0.1, -0.05) is 0 Å². The van der Waals surface area contributed by atoms with Crippen LogP contribution in [0.3, 0.4) is 0 Å². The van der Waals surface area contributed by atoms with Crippen LogP contribution in [-0.2, 0) is 21.8 Å². The van der Waals surface area contributed by atoms with Crippen LogP contribution in [0.15, 0.2) is 6.07 Å². The van der Waals surface area contributed by atoms with Crippen LogP contribution >= 0.6 is 34.2 Å². The standard InChI is InChI=1S/C11H10ClF3INO3/c1-2-19-9(18)4-6-3-8(20-11(13,14)15)7(5-12)17-10(6)16/h3H,2,4-5H2,1H3. The van der Waals surface area contributed by atoms with Crippen LogP contribution in [0.1, 0.15) is 18.2 Å². The summed E-state index contributed by atoms with van der Waals surface area (Å²) in [5, 5.41) is 0. The van der Waals surface area contributed by atoms with Crippen molar-refractivity contribution in [3.05, 3.63) is 21.0 Å². The van der Waals surface area contributed by atoms with Crippen molar-refractivity contribution in [1.29, 1.82) is 0 Å². The van der Waals surface area contributed by atoms with Gasteiger partial charge in [0.25, 0.3) is 0 Å². The molecular weight excluding hydrogens is 413 g/mol. The third-order valence-electron chi connectivity index (χ3n) is 2.08.